The highest BCUT2D eigenvalue weighted by atomic mass is 19.4. The number of benzene rings is 1. The van der Waals surface area contributed by atoms with E-state index in [1.807, 2.05) is 19.9 Å². The zero-order chi connectivity index (χ0) is 28.0. The fourth-order valence-electron chi connectivity index (χ4n) is 5.58. The molecule has 1 aliphatic heterocycles. The van der Waals surface area contributed by atoms with Crippen LogP contribution in [0.2, 0.25) is 0 Å². The summed E-state index contributed by atoms with van der Waals surface area (Å²) in [4.78, 5) is 21.6. The van der Waals surface area contributed by atoms with E-state index in [0.717, 1.165) is 46.6 Å². The third kappa shape index (κ3) is 3.86. The van der Waals surface area contributed by atoms with Crippen LogP contribution in [0.15, 0.2) is 35.2 Å². The van der Waals surface area contributed by atoms with E-state index < -0.39 is 23.2 Å². The van der Waals surface area contributed by atoms with Crippen LogP contribution in [0, 0.1) is 0 Å². The van der Waals surface area contributed by atoms with E-state index in [-0.39, 0.29) is 24.4 Å². The van der Waals surface area contributed by atoms with Crippen molar-refractivity contribution in [2.75, 3.05) is 16.4 Å². The molecule has 1 aromatic carbocycles. The quantitative estimate of drug-likeness (QED) is 0.278. The first-order valence-corrected chi connectivity index (χ1v) is 13.0. The van der Waals surface area contributed by atoms with Gasteiger partial charge in [-0.2, -0.15) is 13.2 Å². The van der Waals surface area contributed by atoms with Crippen molar-refractivity contribution in [1.82, 2.24) is 19.7 Å². The van der Waals surface area contributed by atoms with E-state index >= 15 is 0 Å². The average Bonchev–Trinajstić information content (AvgIpc) is 3.77. The van der Waals surface area contributed by atoms with Gasteiger partial charge in [-0.25, -0.2) is 14.8 Å². The van der Waals surface area contributed by atoms with E-state index in [2.05, 4.69) is 36.5 Å². The van der Waals surface area contributed by atoms with Gasteiger partial charge in [0.15, 0.2) is 11.6 Å². The molecule has 4 heterocycles. The van der Waals surface area contributed by atoms with Gasteiger partial charge in [-0.1, -0.05) is 11.2 Å². The molecule has 4 aromatic rings. The molecule has 3 aliphatic rings. The third-order valence-corrected chi connectivity index (χ3v) is 7.87. The Labute approximate surface area is 226 Å². The topological polar surface area (TPSA) is 133 Å². The smallest absolute Gasteiger partial charge is 0.401 e. The molecule has 2 saturated carbocycles. The Bertz CT molecular complexity index is 1680. The molecule has 2 fully saturated rings. The molecular weight excluding hydrogens is 527 g/mol. The van der Waals surface area contributed by atoms with Gasteiger partial charge in [0.2, 0.25) is 0 Å². The Morgan fingerprint density at radius 1 is 1.15 bits per heavy atom. The van der Waals surface area contributed by atoms with E-state index in [9.17, 15) is 18.0 Å². The van der Waals surface area contributed by atoms with Crippen LogP contribution in [-0.4, -0.2) is 37.5 Å². The second-order valence-corrected chi connectivity index (χ2v) is 11.4. The van der Waals surface area contributed by atoms with E-state index in [1.165, 1.54) is 6.33 Å². The molecule has 10 nitrogen and oxygen atoms in total. The minimum Gasteiger partial charge on any atom is -0.485 e. The summed E-state index contributed by atoms with van der Waals surface area (Å²) in [5.41, 5.74) is 7.63. The van der Waals surface area contributed by atoms with Crippen LogP contribution >= 0.6 is 0 Å². The van der Waals surface area contributed by atoms with Gasteiger partial charge in [0.25, 0.3) is 0 Å². The molecule has 2 aliphatic carbocycles. The number of urea groups is 1. The van der Waals surface area contributed by atoms with Crippen LogP contribution in [0.25, 0.3) is 22.2 Å². The van der Waals surface area contributed by atoms with Crippen LogP contribution in [0.1, 0.15) is 56.9 Å². The predicted molar refractivity (Wildman–Crippen MR) is 140 cm³/mol. The molecule has 208 valence electrons. The first-order chi connectivity index (χ1) is 19.0. The fourth-order valence-corrected chi connectivity index (χ4v) is 5.58. The standard InChI is InChI=1S/C27H26F3N7O3/c1-25(2)10-15-14(16-11-37(13-3-4-13)23-20(16)22(31)32-12-33-23)5-6-17(21(15)39-25)34-24(38)35-19-9-18(40-36-19)26(7-8-26)27(28,29)30/h5-6,9,11-13H,3-4,7-8,10H2,1-2H3,(H2,31,32,33)(H2,34,35,36,38). The highest BCUT2D eigenvalue weighted by Gasteiger charge is 2.67. The first kappa shape index (κ1) is 24.7. The number of ether oxygens (including phenoxy) is 1. The van der Waals surface area contributed by atoms with Gasteiger partial charge >= 0.3 is 12.2 Å². The Balaban J connectivity index is 1.20. The van der Waals surface area contributed by atoms with Crippen LogP contribution in [-0.2, 0) is 11.8 Å². The molecule has 0 radical (unpaired) electrons. The molecule has 0 atom stereocenters. The van der Waals surface area contributed by atoms with Crippen molar-refractivity contribution in [3.63, 3.8) is 0 Å². The maximum atomic E-state index is 13.4. The number of nitrogen functional groups attached to an aromatic ring is 1. The zero-order valence-corrected chi connectivity index (χ0v) is 21.7. The van der Waals surface area contributed by atoms with Gasteiger partial charge in [0, 0.05) is 35.9 Å². The number of nitrogens with one attached hydrogen (secondary N) is 2. The summed E-state index contributed by atoms with van der Waals surface area (Å²) >= 11 is 0. The molecule has 13 heteroatoms. The number of fused-ring (bicyclic) bond motifs is 2. The number of amides is 2. The summed E-state index contributed by atoms with van der Waals surface area (Å²) in [5, 5.41) is 9.60. The molecule has 2 amide bonds. The maximum absolute atomic E-state index is 13.4. The Morgan fingerprint density at radius 3 is 2.62 bits per heavy atom. The summed E-state index contributed by atoms with van der Waals surface area (Å²) in [6.07, 6.45) is 1.66. The summed E-state index contributed by atoms with van der Waals surface area (Å²) in [6, 6.07) is 4.43. The minimum atomic E-state index is -4.44. The Hall–Kier alpha value is -4.29. The number of halogens is 3. The Morgan fingerprint density at radius 2 is 1.93 bits per heavy atom. The van der Waals surface area contributed by atoms with Crippen molar-refractivity contribution in [3.05, 3.63) is 42.0 Å². The lowest BCUT2D eigenvalue weighted by Gasteiger charge is -2.18. The van der Waals surface area contributed by atoms with Crippen molar-refractivity contribution in [3.8, 4) is 16.9 Å². The summed E-state index contributed by atoms with van der Waals surface area (Å²) in [6.45, 7) is 3.91. The van der Waals surface area contributed by atoms with Crippen LogP contribution in [0.5, 0.6) is 5.75 Å². The van der Waals surface area contributed by atoms with E-state index in [0.29, 0.717) is 29.7 Å². The van der Waals surface area contributed by atoms with E-state index in [4.69, 9.17) is 15.0 Å². The van der Waals surface area contributed by atoms with Crippen molar-refractivity contribution >= 4 is 34.4 Å². The number of anilines is 3. The molecule has 40 heavy (non-hydrogen) atoms. The average molecular weight is 554 g/mol. The number of aromatic nitrogens is 4. The number of hydrogen-bond acceptors (Lipinski definition) is 7. The second-order valence-electron chi connectivity index (χ2n) is 11.4. The number of hydrogen-bond donors (Lipinski definition) is 3. The first-order valence-electron chi connectivity index (χ1n) is 13.0. The highest BCUT2D eigenvalue weighted by molar-refractivity contribution is 6.04. The number of nitrogens with zero attached hydrogens (tertiary/aromatic N) is 4. The maximum Gasteiger partial charge on any atom is 0.401 e. The van der Waals surface area contributed by atoms with Gasteiger partial charge in [-0.05, 0) is 51.2 Å². The summed E-state index contributed by atoms with van der Waals surface area (Å²) in [5.74, 6) is 0.480. The molecule has 3 aromatic heterocycles. The fraction of sp³-hybridized carbons (Fsp3) is 0.407. The third-order valence-electron chi connectivity index (χ3n) is 7.87. The zero-order valence-electron chi connectivity index (χ0n) is 21.7. The van der Waals surface area contributed by atoms with Gasteiger partial charge in [-0.15, -0.1) is 0 Å². The predicted octanol–water partition coefficient (Wildman–Crippen LogP) is 5.95. The van der Waals surface area contributed by atoms with E-state index in [1.54, 1.807) is 6.07 Å². The lowest BCUT2D eigenvalue weighted by molar-refractivity contribution is -0.165. The summed E-state index contributed by atoms with van der Waals surface area (Å²) < 4.78 is 53.6. The summed E-state index contributed by atoms with van der Waals surface area (Å²) in [7, 11) is 0. The van der Waals surface area contributed by atoms with Gasteiger partial charge in [0.05, 0.1) is 11.1 Å². The Kier molecular flexibility index (Phi) is 5.02. The van der Waals surface area contributed by atoms with Crippen molar-refractivity contribution < 1.29 is 27.2 Å². The molecule has 4 N–H and O–H groups in total. The number of carbonyl (C=O) groups excluding carboxylic acids is 1. The number of alkyl halides is 3. The number of rotatable bonds is 5. The molecule has 0 bridgehead atoms. The van der Waals surface area contributed by atoms with Gasteiger partial charge in [-0.3, -0.25) is 5.32 Å². The highest BCUT2D eigenvalue weighted by Crippen LogP contribution is 2.59. The molecule has 0 unspecified atom stereocenters. The molecule has 0 saturated heterocycles. The van der Waals surface area contributed by atoms with Gasteiger partial charge in [0.1, 0.15) is 34.6 Å². The second kappa shape index (κ2) is 8.12. The number of nitrogens with two attached hydrogens (primary N) is 1. The SMILES string of the molecule is CC1(C)Cc2c(-c3cn(C4CC4)c4ncnc(N)c34)ccc(NC(=O)Nc3cc(C4(C(F)(F)F)CC4)on3)c2O1. The monoisotopic (exact) mass is 553 g/mol. The van der Waals surface area contributed by atoms with Crippen LogP contribution in [0.4, 0.5) is 35.3 Å². The van der Waals surface area contributed by atoms with Crippen molar-refractivity contribution in [1.29, 1.82) is 0 Å². The lowest BCUT2D eigenvalue weighted by Crippen LogP contribution is -2.28. The van der Waals surface area contributed by atoms with Gasteiger partial charge < -0.3 is 24.9 Å². The molecular formula is C27H26F3N7O3. The molecule has 7 rings (SSSR count). The van der Waals surface area contributed by atoms with Crippen LogP contribution < -0.4 is 21.1 Å². The normalized spacial score (nSPS) is 18.8. The molecule has 0 spiro atoms. The number of carbonyl (C=O) groups is 1. The minimum absolute atomic E-state index is 0.0694. The van der Waals surface area contributed by atoms with Crippen molar-refractivity contribution in [2.45, 2.75) is 69.2 Å². The van der Waals surface area contributed by atoms with Crippen LogP contribution in [0.3, 0.4) is 0 Å². The lowest BCUT2D eigenvalue weighted by atomic mass is 9.93. The van der Waals surface area contributed by atoms with Crippen molar-refractivity contribution in [2.24, 2.45) is 0 Å². The largest absolute Gasteiger partial charge is 0.485 e.